The quantitative estimate of drug-likeness (QED) is 0.188. The van der Waals surface area contributed by atoms with Crippen LogP contribution in [0.3, 0.4) is 0 Å². The number of para-hydroxylation sites is 2. The molecule has 0 atom stereocenters. The van der Waals surface area contributed by atoms with Crippen molar-refractivity contribution < 1.29 is 0 Å². The van der Waals surface area contributed by atoms with E-state index in [4.69, 9.17) is 0 Å². The van der Waals surface area contributed by atoms with Gasteiger partial charge >= 0.3 is 0 Å². The zero-order valence-corrected chi connectivity index (χ0v) is 27.3. The maximum Gasteiger partial charge on any atom is 0.0471 e. The zero-order chi connectivity index (χ0) is 33.0. The van der Waals surface area contributed by atoms with E-state index in [1.165, 1.54) is 77.2 Å². The third kappa shape index (κ3) is 4.43. The molecule has 2 heteroatoms. The normalized spacial score (nSPS) is 11.6. The molecule has 234 valence electrons. The lowest BCUT2D eigenvalue weighted by Gasteiger charge is -2.19. The second kappa shape index (κ2) is 11.5. The van der Waals surface area contributed by atoms with Gasteiger partial charge in [0.2, 0.25) is 0 Å². The lowest BCUT2D eigenvalue weighted by atomic mass is 9.84. The minimum atomic E-state index is 1.15. The summed E-state index contributed by atoms with van der Waals surface area (Å²) in [7, 11) is 0. The van der Waals surface area contributed by atoms with Gasteiger partial charge in [0.1, 0.15) is 0 Å². The molecule has 0 amide bonds. The van der Waals surface area contributed by atoms with Crippen LogP contribution in [0.4, 0.5) is 0 Å². The molecular weight excluding hydrogens is 605 g/mol. The molecular formula is C48H32N2. The largest absolute Gasteiger partial charge is 0.354 e. The number of benzene rings is 8. The molecule has 10 rings (SSSR count). The first-order valence-corrected chi connectivity index (χ1v) is 17.2. The Morgan fingerprint density at radius 2 is 0.440 bits per heavy atom. The van der Waals surface area contributed by atoms with E-state index < -0.39 is 0 Å². The fourth-order valence-electron chi connectivity index (χ4n) is 8.06. The molecule has 8 aromatic carbocycles. The fourth-order valence-corrected chi connectivity index (χ4v) is 8.06. The average Bonchev–Trinajstić information content (AvgIpc) is 3.77. The molecule has 0 radical (unpaired) electrons. The molecule has 2 aromatic heterocycles. The first kappa shape index (κ1) is 28.4. The summed E-state index contributed by atoms with van der Waals surface area (Å²) in [6.07, 6.45) is 0. The van der Waals surface area contributed by atoms with Crippen LogP contribution in [0.5, 0.6) is 0 Å². The van der Waals surface area contributed by atoms with E-state index >= 15 is 0 Å². The number of rotatable bonds is 5. The monoisotopic (exact) mass is 636 g/mol. The van der Waals surface area contributed by atoms with Crippen molar-refractivity contribution in [2.24, 2.45) is 0 Å². The van der Waals surface area contributed by atoms with E-state index in [0.717, 1.165) is 22.1 Å². The topological polar surface area (TPSA) is 31.6 Å². The molecule has 10 aromatic rings. The van der Waals surface area contributed by atoms with Crippen LogP contribution in [0.25, 0.3) is 99.2 Å². The van der Waals surface area contributed by atoms with Gasteiger partial charge in [-0.1, -0.05) is 158 Å². The van der Waals surface area contributed by atoms with Crippen LogP contribution < -0.4 is 0 Å². The van der Waals surface area contributed by atoms with Crippen LogP contribution in [0.15, 0.2) is 182 Å². The summed E-state index contributed by atoms with van der Waals surface area (Å²) in [5.74, 6) is 0. The third-order valence-electron chi connectivity index (χ3n) is 10.2. The summed E-state index contributed by atoms with van der Waals surface area (Å²) >= 11 is 0. The zero-order valence-electron chi connectivity index (χ0n) is 27.3. The van der Waals surface area contributed by atoms with Crippen molar-refractivity contribution in [3.8, 4) is 55.6 Å². The van der Waals surface area contributed by atoms with E-state index in [-0.39, 0.29) is 0 Å². The van der Waals surface area contributed by atoms with Gasteiger partial charge in [-0.15, -0.1) is 0 Å². The number of hydrogen-bond acceptors (Lipinski definition) is 0. The minimum absolute atomic E-state index is 1.15. The number of fused-ring (bicyclic) bond motifs is 6. The first-order valence-electron chi connectivity index (χ1n) is 17.2. The highest BCUT2D eigenvalue weighted by molar-refractivity contribution is 6.17. The number of H-pyrrole nitrogens is 2. The molecule has 2 N–H and O–H groups in total. The van der Waals surface area contributed by atoms with Gasteiger partial charge in [-0.05, 0) is 79.9 Å². The maximum absolute atomic E-state index is 3.65. The Hall–Kier alpha value is -6.64. The van der Waals surface area contributed by atoms with E-state index in [1.807, 2.05) is 0 Å². The molecule has 0 saturated carbocycles. The van der Waals surface area contributed by atoms with Gasteiger partial charge in [0, 0.05) is 43.6 Å². The molecule has 0 spiro atoms. The van der Waals surface area contributed by atoms with E-state index in [1.54, 1.807) is 0 Å². The van der Waals surface area contributed by atoms with Crippen molar-refractivity contribution in [3.05, 3.63) is 182 Å². The SMILES string of the molecule is c1ccc(-c2ccccc2-c2cccc3[nH]c4ccccc4c23)c(-c2ccccc2-c2ccccc2-c2cccc3[nH]c4ccccc4c23)c1. The molecule has 0 fully saturated rings. The maximum atomic E-state index is 3.65. The lowest BCUT2D eigenvalue weighted by Crippen LogP contribution is -1.93. The van der Waals surface area contributed by atoms with Crippen molar-refractivity contribution >= 4 is 43.6 Å². The summed E-state index contributed by atoms with van der Waals surface area (Å²) in [5.41, 5.74) is 16.8. The Morgan fingerprint density at radius 3 is 0.780 bits per heavy atom. The van der Waals surface area contributed by atoms with Gasteiger partial charge in [-0.25, -0.2) is 0 Å². The van der Waals surface area contributed by atoms with Gasteiger partial charge in [0.25, 0.3) is 0 Å². The molecule has 50 heavy (non-hydrogen) atoms. The number of aromatic amines is 2. The van der Waals surface area contributed by atoms with Crippen LogP contribution in [0.2, 0.25) is 0 Å². The highest BCUT2D eigenvalue weighted by atomic mass is 14.7. The Bertz CT molecular complexity index is 2690. The highest BCUT2D eigenvalue weighted by Gasteiger charge is 2.20. The van der Waals surface area contributed by atoms with E-state index in [0.29, 0.717) is 0 Å². The molecule has 0 bridgehead atoms. The van der Waals surface area contributed by atoms with Crippen LogP contribution in [0.1, 0.15) is 0 Å². The van der Waals surface area contributed by atoms with Gasteiger partial charge in [-0.3, -0.25) is 0 Å². The standard InChI is InChI=1S/C48H32N2/c1-3-17-33(35-19-5-7-21-37(35)39-25-13-29-45-47(39)41-23-9-11-27-43(41)49-45)31(15-1)32-16-2-4-18-34(32)36-20-6-8-22-38(36)40-26-14-30-46-48(40)42-24-10-12-28-44(42)50-46/h1-30,49-50H. The van der Waals surface area contributed by atoms with E-state index in [9.17, 15) is 0 Å². The van der Waals surface area contributed by atoms with Crippen LogP contribution in [-0.2, 0) is 0 Å². The molecule has 0 saturated heterocycles. The molecule has 2 heterocycles. The minimum Gasteiger partial charge on any atom is -0.354 e. The predicted octanol–water partition coefficient (Wildman–Crippen LogP) is 13.3. The smallest absolute Gasteiger partial charge is 0.0471 e. The molecule has 0 unspecified atom stereocenters. The summed E-state index contributed by atoms with van der Waals surface area (Å²) in [6, 6.07) is 65.9. The number of nitrogens with one attached hydrogen (secondary N) is 2. The molecule has 0 aliphatic rings. The second-order valence-electron chi connectivity index (χ2n) is 13.0. The average molecular weight is 637 g/mol. The van der Waals surface area contributed by atoms with Gasteiger partial charge in [0.05, 0.1) is 0 Å². The Kier molecular flexibility index (Phi) is 6.53. The van der Waals surface area contributed by atoms with Gasteiger partial charge in [-0.2, -0.15) is 0 Å². The van der Waals surface area contributed by atoms with Crippen molar-refractivity contribution in [2.45, 2.75) is 0 Å². The van der Waals surface area contributed by atoms with Crippen LogP contribution >= 0.6 is 0 Å². The molecule has 0 aliphatic heterocycles. The second-order valence-corrected chi connectivity index (χ2v) is 13.0. The lowest BCUT2D eigenvalue weighted by molar-refractivity contribution is 1.54. The number of hydrogen-bond donors (Lipinski definition) is 2. The summed E-state index contributed by atoms with van der Waals surface area (Å²) in [6.45, 7) is 0. The van der Waals surface area contributed by atoms with Crippen molar-refractivity contribution in [2.75, 3.05) is 0 Å². The highest BCUT2D eigenvalue weighted by Crippen LogP contribution is 2.46. The first-order chi connectivity index (χ1) is 24.8. The van der Waals surface area contributed by atoms with Crippen molar-refractivity contribution in [1.82, 2.24) is 9.97 Å². The Morgan fingerprint density at radius 1 is 0.200 bits per heavy atom. The van der Waals surface area contributed by atoms with Crippen LogP contribution in [-0.4, -0.2) is 9.97 Å². The third-order valence-corrected chi connectivity index (χ3v) is 10.2. The number of aromatic nitrogens is 2. The summed E-state index contributed by atoms with van der Waals surface area (Å²) in [5, 5.41) is 5.00. The van der Waals surface area contributed by atoms with Gasteiger partial charge in [0.15, 0.2) is 0 Å². The molecule has 0 aliphatic carbocycles. The summed E-state index contributed by atoms with van der Waals surface area (Å²) in [4.78, 5) is 7.29. The fraction of sp³-hybridized carbons (Fsp3) is 0. The van der Waals surface area contributed by atoms with E-state index in [2.05, 4.69) is 192 Å². The Labute approximate surface area is 290 Å². The Balaban J connectivity index is 1.18. The molecule has 2 nitrogen and oxygen atoms in total. The van der Waals surface area contributed by atoms with Crippen molar-refractivity contribution in [3.63, 3.8) is 0 Å². The van der Waals surface area contributed by atoms with Crippen molar-refractivity contribution in [1.29, 1.82) is 0 Å². The van der Waals surface area contributed by atoms with Gasteiger partial charge < -0.3 is 9.97 Å². The van der Waals surface area contributed by atoms with Crippen LogP contribution in [0, 0.1) is 0 Å². The predicted molar refractivity (Wildman–Crippen MR) is 212 cm³/mol. The summed E-state index contributed by atoms with van der Waals surface area (Å²) < 4.78 is 0.